The third-order valence-corrected chi connectivity index (χ3v) is 6.26. The molecule has 0 bridgehead atoms. The molecule has 1 unspecified atom stereocenters. The molecular weight excluding hydrogens is 436 g/mol. The number of imidazole rings is 1. The standard InChI is InChI=1S/C29H28N4O2/c1-18-8-10-21(11-9-18)22-14-19(2)27-25(16-22)32-28(33-27)26-24(12-13-30-29(26)35)31-23(17-34)15-20-6-4-3-5-7-20/h3-14,16,23,34H,15,17H2,1-2H3,(H,32,33)(H2,30,31,35). The molecule has 2 heterocycles. The molecule has 0 fully saturated rings. The fourth-order valence-electron chi connectivity index (χ4n) is 4.44. The van der Waals surface area contributed by atoms with Crippen molar-refractivity contribution < 1.29 is 5.11 Å². The van der Waals surface area contributed by atoms with E-state index in [2.05, 4.69) is 58.6 Å². The first-order valence-electron chi connectivity index (χ1n) is 11.7. The highest BCUT2D eigenvalue weighted by atomic mass is 16.3. The van der Waals surface area contributed by atoms with Crippen molar-refractivity contribution in [1.82, 2.24) is 15.0 Å². The molecule has 0 saturated carbocycles. The molecule has 4 N–H and O–H groups in total. The normalized spacial score (nSPS) is 12.1. The fourth-order valence-corrected chi connectivity index (χ4v) is 4.44. The third-order valence-electron chi connectivity index (χ3n) is 6.26. The molecule has 35 heavy (non-hydrogen) atoms. The Kier molecular flexibility index (Phi) is 6.21. The molecule has 5 aromatic rings. The molecule has 0 aliphatic carbocycles. The molecule has 5 rings (SSSR count). The largest absolute Gasteiger partial charge is 0.394 e. The van der Waals surface area contributed by atoms with Crippen LogP contribution in [-0.2, 0) is 6.42 Å². The lowest BCUT2D eigenvalue weighted by Gasteiger charge is -2.19. The number of aliphatic hydroxyl groups excluding tert-OH is 1. The Bertz CT molecular complexity index is 1520. The molecule has 1 atom stereocenters. The Morgan fingerprint density at radius 3 is 2.49 bits per heavy atom. The van der Waals surface area contributed by atoms with E-state index in [0.717, 1.165) is 33.3 Å². The summed E-state index contributed by atoms with van der Waals surface area (Å²) in [5.74, 6) is 0.491. The third kappa shape index (κ3) is 4.74. The molecule has 0 amide bonds. The Morgan fingerprint density at radius 2 is 1.74 bits per heavy atom. The molecule has 0 saturated heterocycles. The summed E-state index contributed by atoms with van der Waals surface area (Å²) >= 11 is 0. The van der Waals surface area contributed by atoms with Crippen LogP contribution in [0.5, 0.6) is 0 Å². The van der Waals surface area contributed by atoms with E-state index in [1.807, 2.05) is 43.3 Å². The zero-order valence-corrected chi connectivity index (χ0v) is 19.8. The van der Waals surface area contributed by atoms with Crippen molar-refractivity contribution in [3.63, 3.8) is 0 Å². The van der Waals surface area contributed by atoms with Gasteiger partial charge in [-0.2, -0.15) is 0 Å². The number of rotatable bonds is 7. The van der Waals surface area contributed by atoms with Crippen LogP contribution in [0.15, 0.2) is 83.8 Å². The van der Waals surface area contributed by atoms with Crippen LogP contribution >= 0.6 is 0 Å². The number of anilines is 1. The quantitative estimate of drug-likeness (QED) is 0.266. The number of aromatic amines is 2. The van der Waals surface area contributed by atoms with Crippen molar-refractivity contribution in [1.29, 1.82) is 0 Å². The van der Waals surface area contributed by atoms with Crippen molar-refractivity contribution >= 4 is 16.7 Å². The SMILES string of the molecule is Cc1ccc(-c2cc(C)c3nc(-c4c(NC(CO)Cc5ccccc5)cc[nH]c4=O)[nH]c3c2)cc1. The second-order valence-corrected chi connectivity index (χ2v) is 8.95. The highest BCUT2D eigenvalue weighted by Crippen LogP contribution is 2.30. The van der Waals surface area contributed by atoms with Gasteiger partial charge >= 0.3 is 0 Å². The molecule has 0 aliphatic rings. The number of aromatic nitrogens is 3. The number of nitrogens with zero attached hydrogens (tertiary/aromatic N) is 1. The lowest BCUT2D eigenvalue weighted by Crippen LogP contribution is -2.28. The van der Waals surface area contributed by atoms with Crippen LogP contribution < -0.4 is 10.9 Å². The van der Waals surface area contributed by atoms with Gasteiger partial charge in [-0.15, -0.1) is 0 Å². The van der Waals surface area contributed by atoms with Crippen molar-refractivity contribution in [2.45, 2.75) is 26.3 Å². The number of fused-ring (bicyclic) bond motifs is 1. The number of nitrogens with one attached hydrogen (secondary N) is 3. The van der Waals surface area contributed by atoms with E-state index in [-0.39, 0.29) is 18.2 Å². The average Bonchev–Trinajstić information content (AvgIpc) is 3.29. The van der Waals surface area contributed by atoms with Gasteiger partial charge in [-0.05, 0) is 60.7 Å². The molecule has 6 nitrogen and oxygen atoms in total. The molecular formula is C29H28N4O2. The minimum atomic E-state index is -0.253. The maximum atomic E-state index is 12.9. The summed E-state index contributed by atoms with van der Waals surface area (Å²) in [6.45, 7) is 4.03. The fraction of sp³-hybridized carbons (Fsp3) is 0.172. The van der Waals surface area contributed by atoms with Crippen LogP contribution in [0.1, 0.15) is 16.7 Å². The summed E-state index contributed by atoms with van der Waals surface area (Å²) in [5, 5.41) is 13.4. The Morgan fingerprint density at radius 1 is 0.971 bits per heavy atom. The lowest BCUT2D eigenvalue weighted by atomic mass is 10.0. The molecule has 0 radical (unpaired) electrons. The maximum absolute atomic E-state index is 12.9. The Balaban J connectivity index is 1.52. The van der Waals surface area contributed by atoms with Crippen LogP contribution in [0, 0.1) is 13.8 Å². The minimum Gasteiger partial charge on any atom is -0.394 e. The highest BCUT2D eigenvalue weighted by molar-refractivity contribution is 5.88. The monoisotopic (exact) mass is 464 g/mol. The number of hydrogen-bond acceptors (Lipinski definition) is 4. The first-order chi connectivity index (χ1) is 17.0. The van der Waals surface area contributed by atoms with Crippen molar-refractivity contribution in [3.8, 4) is 22.5 Å². The Labute approximate surface area is 203 Å². The summed E-state index contributed by atoms with van der Waals surface area (Å²) in [7, 11) is 0. The van der Waals surface area contributed by atoms with Gasteiger partial charge in [-0.25, -0.2) is 4.98 Å². The Hall–Kier alpha value is -4.16. The van der Waals surface area contributed by atoms with Gasteiger partial charge in [-0.3, -0.25) is 4.79 Å². The summed E-state index contributed by atoms with van der Waals surface area (Å²) in [4.78, 5) is 23.9. The molecule has 0 spiro atoms. The van der Waals surface area contributed by atoms with Gasteiger partial charge in [0.1, 0.15) is 11.4 Å². The first kappa shape index (κ1) is 22.6. The van der Waals surface area contributed by atoms with Crippen molar-refractivity contribution in [2.24, 2.45) is 0 Å². The van der Waals surface area contributed by atoms with E-state index < -0.39 is 0 Å². The van der Waals surface area contributed by atoms with Gasteiger partial charge in [0.2, 0.25) is 0 Å². The lowest BCUT2D eigenvalue weighted by molar-refractivity contribution is 0.274. The maximum Gasteiger partial charge on any atom is 0.261 e. The topological polar surface area (TPSA) is 93.8 Å². The molecule has 3 aromatic carbocycles. The summed E-state index contributed by atoms with van der Waals surface area (Å²) in [5.41, 5.74) is 8.06. The van der Waals surface area contributed by atoms with Crippen molar-refractivity contribution in [2.75, 3.05) is 11.9 Å². The van der Waals surface area contributed by atoms with Crippen LogP contribution in [-0.4, -0.2) is 32.7 Å². The summed E-state index contributed by atoms with van der Waals surface area (Å²) < 4.78 is 0. The molecule has 2 aromatic heterocycles. The van der Waals surface area contributed by atoms with Crippen LogP contribution in [0.4, 0.5) is 5.69 Å². The van der Waals surface area contributed by atoms with Gasteiger partial charge in [0.05, 0.1) is 29.4 Å². The van der Waals surface area contributed by atoms with E-state index in [9.17, 15) is 9.90 Å². The van der Waals surface area contributed by atoms with Gasteiger partial charge in [0, 0.05) is 6.20 Å². The predicted molar refractivity (Wildman–Crippen MR) is 142 cm³/mol. The number of aryl methyl sites for hydroxylation is 2. The highest BCUT2D eigenvalue weighted by Gasteiger charge is 2.18. The van der Waals surface area contributed by atoms with E-state index in [1.54, 1.807) is 6.20 Å². The zero-order chi connectivity index (χ0) is 24.4. The van der Waals surface area contributed by atoms with E-state index >= 15 is 0 Å². The van der Waals surface area contributed by atoms with E-state index in [1.165, 1.54) is 5.56 Å². The van der Waals surface area contributed by atoms with Crippen molar-refractivity contribution in [3.05, 3.63) is 106 Å². The zero-order valence-electron chi connectivity index (χ0n) is 19.8. The summed E-state index contributed by atoms with van der Waals surface area (Å²) in [6.07, 6.45) is 2.23. The van der Waals surface area contributed by atoms with Gasteiger partial charge in [0.25, 0.3) is 5.56 Å². The summed E-state index contributed by atoms with van der Waals surface area (Å²) in [6, 6.07) is 24.1. The predicted octanol–water partition coefficient (Wildman–Crippen LogP) is 5.22. The van der Waals surface area contributed by atoms with Crippen LogP contribution in [0.2, 0.25) is 0 Å². The molecule has 0 aliphatic heterocycles. The second kappa shape index (κ2) is 9.60. The smallest absolute Gasteiger partial charge is 0.261 e. The van der Waals surface area contributed by atoms with E-state index in [0.29, 0.717) is 23.5 Å². The van der Waals surface area contributed by atoms with Gasteiger partial charge in [0.15, 0.2) is 0 Å². The van der Waals surface area contributed by atoms with E-state index in [4.69, 9.17) is 4.98 Å². The van der Waals surface area contributed by atoms with Crippen LogP contribution in [0.3, 0.4) is 0 Å². The minimum absolute atomic E-state index is 0.0692. The number of hydrogen-bond donors (Lipinski definition) is 4. The second-order valence-electron chi connectivity index (χ2n) is 8.95. The number of pyridine rings is 1. The van der Waals surface area contributed by atoms with Gasteiger partial charge < -0.3 is 20.4 Å². The number of benzene rings is 3. The number of H-pyrrole nitrogens is 2. The first-order valence-corrected chi connectivity index (χ1v) is 11.7. The number of aliphatic hydroxyl groups is 1. The molecule has 176 valence electrons. The average molecular weight is 465 g/mol. The molecule has 6 heteroatoms. The van der Waals surface area contributed by atoms with Gasteiger partial charge in [-0.1, -0.05) is 60.2 Å². The van der Waals surface area contributed by atoms with Crippen LogP contribution in [0.25, 0.3) is 33.5 Å².